The molecule has 2 aromatic carbocycles. The van der Waals surface area contributed by atoms with Crippen LogP contribution >= 0.6 is 0 Å². The maximum absolute atomic E-state index is 13.1. The number of fused-ring (bicyclic) bond motifs is 1. The van der Waals surface area contributed by atoms with Gasteiger partial charge in [-0.1, -0.05) is 55.0 Å². The quantitative estimate of drug-likeness (QED) is 0.409. The van der Waals surface area contributed by atoms with Crippen LogP contribution in [-0.4, -0.2) is 10.8 Å². The highest BCUT2D eigenvalue weighted by Gasteiger charge is 2.28. The van der Waals surface area contributed by atoms with Gasteiger partial charge in [0.15, 0.2) is 0 Å². The molecule has 0 N–H and O–H groups in total. The molecule has 0 saturated heterocycles. The summed E-state index contributed by atoms with van der Waals surface area (Å²) in [5.41, 5.74) is 7.28. The zero-order valence-electron chi connectivity index (χ0n) is 18.3. The molecule has 1 aromatic heterocycles. The van der Waals surface area contributed by atoms with E-state index in [-0.39, 0.29) is 15.9 Å². The average Bonchev–Trinajstić information content (AvgIpc) is 3.30. The van der Waals surface area contributed by atoms with Gasteiger partial charge in [-0.2, -0.15) is 0 Å². The van der Waals surface area contributed by atoms with Crippen LogP contribution < -0.4 is 0 Å². The molecule has 0 amide bonds. The Morgan fingerprint density at radius 3 is 2.69 bits per heavy atom. The fourth-order valence-electron chi connectivity index (χ4n) is 5.35. The summed E-state index contributed by atoms with van der Waals surface area (Å²) in [4.78, 5) is 17.4. The van der Waals surface area contributed by atoms with Crippen LogP contribution in [0.4, 0.5) is 4.39 Å². The predicted octanol–water partition coefficient (Wildman–Crippen LogP) is 7.32. The third kappa shape index (κ3) is 4.57. The van der Waals surface area contributed by atoms with Gasteiger partial charge < -0.3 is 0 Å². The summed E-state index contributed by atoms with van der Waals surface area (Å²) >= 11 is 0. The van der Waals surface area contributed by atoms with Crippen LogP contribution in [0.2, 0.25) is 0 Å². The number of pyridine rings is 1. The smallest absolute Gasteiger partial charge is 0.141 e. The number of carbonyl (C=O) groups excluding carboxylic acids is 1. The second kappa shape index (κ2) is 9.20. The van der Waals surface area contributed by atoms with Crippen molar-refractivity contribution >= 4 is 11.9 Å². The number of nitrogens with zero attached hydrogens (tertiary/aromatic N) is 1. The first-order valence-electron chi connectivity index (χ1n) is 11.6. The molecule has 0 radical (unpaired) electrons. The van der Waals surface area contributed by atoms with E-state index in [1.807, 2.05) is 12.3 Å². The molecule has 168 valence electrons. The lowest BCUT2D eigenvalue weighted by molar-refractivity contribution is -0.117. The average molecular weight is 432 g/mol. The number of aromatic nitrogens is 1. The van der Waals surface area contributed by atoms with Crippen molar-refractivity contribution < 1.29 is 13.5 Å². The highest BCUT2D eigenvalue weighted by Crippen LogP contribution is 2.42. The second-order valence-corrected chi connectivity index (χ2v) is 9.20. The molecule has 2 nitrogen and oxygen atoms in total. The monoisotopic (exact) mass is 431 g/mol. The molecule has 1 heterocycles. The fourth-order valence-corrected chi connectivity index (χ4v) is 5.35. The number of hydrogen-bond acceptors (Lipinski definition) is 2. The van der Waals surface area contributed by atoms with E-state index in [0.29, 0.717) is 24.7 Å². The molecule has 3 heteroatoms. The molecule has 0 spiro atoms. The van der Waals surface area contributed by atoms with Crippen LogP contribution in [0.3, 0.4) is 0 Å². The topological polar surface area (TPSA) is 30.0 Å². The number of Topliss-reactive ketones (excluding diaryl/α,β-unsaturated/α-hetero) is 1. The summed E-state index contributed by atoms with van der Waals surface area (Å²) in [6.07, 6.45) is 12.9. The first kappa shape index (κ1) is 20.8. The number of allylic oxidation sites excluding steroid dienone is 1. The van der Waals surface area contributed by atoms with Gasteiger partial charge in [0.2, 0.25) is 0 Å². The Kier molecular flexibility index (Phi) is 5.98. The van der Waals surface area contributed by atoms with Crippen molar-refractivity contribution in [1.82, 2.24) is 4.98 Å². The van der Waals surface area contributed by atoms with Crippen molar-refractivity contribution in [3.8, 4) is 0 Å². The van der Waals surface area contributed by atoms with E-state index in [1.165, 1.54) is 53.8 Å². The standard InChI is InChI=1S/C29H28FNO.3H2/c30-26-12-10-20(11-13-26)17-27(32)18-21-4-1-6-23(16-21)24-7-2-8-25(19-24)29-28-9-3-5-22(28)14-15-31-29;;;/h1,3-4,6,9-16,24-25H,2,5,7-8,17-19H2;3*1H. The van der Waals surface area contributed by atoms with E-state index in [1.54, 1.807) is 12.1 Å². The van der Waals surface area contributed by atoms with Crippen molar-refractivity contribution in [3.63, 3.8) is 0 Å². The zero-order valence-corrected chi connectivity index (χ0v) is 18.3. The van der Waals surface area contributed by atoms with E-state index in [4.69, 9.17) is 4.98 Å². The van der Waals surface area contributed by atoms with Crippen molar-refractivity contribution in [2.45, 2.75) is 56.8 Å². The van der Waals surface area contributed by atoms with Crippen LogP contribution in [0.25, 0.3) is 6.08 Å². The highest BCUT2D eigenvalue weighted by molar-refractivity contribution is 5.83. The van der Waals surface area contributed by atoms with Crippen molar-refractivity contribution in [3.05, 3.63) is 106 Å². The van der Waals surface area contributed by atoms with E-state index >= 15 is 0 Å². The molecule has 5 rings (SSSR count). The Hall–Kier alpha value is -3.07. The summed E-state index contributed by atoms with van der Waals surface area (Å²) < 4.78 is 13.1. The largest absolute Gasteiger partial charge is 0.299 e. The summed E-state index contributed by atoms with van der Waals surface area (Å²) in [5, 5.41) is 0. The van der Waals surface area contributed by atoms with Gasteiger partial charge in [0.05, 0.1) is 5.69 Å². The molecule has 0 bridgehead atoms. The SMILES string of the molecule is O=C(Cc1ccc(F)cc1)Cc1cccc(C2CCCC(c3nccc4c3C=CC4)C2)c1.[HH].[HH].[HH]. The van der Waals surface area contributed by atoms with Crippen LogP contribution in [0.1, 0.15) is 75.3 Å². The van der Waals surface area contributed by atoms with Gasteiger partial charge in [-0.3, -0.25) is 9.78 Å². The van der Waals surface area contributed by atoms with E-state index in [0.717, 1.165) is 24.0 Å². The molecule has 2 aliphatic carbocycles. The molecule has 2 atom stereocenters. The molecule has 2 aliphatic rings. The second-order valence-electron chi connectivity index (χ2n) is 9.20. The van der Waals surface area contributed by atoms with Gasteiger partial charge in [0.25, 0.3) is 0 Å². The number of halogens is 1. The van der Waals surface area contributed by atoms with Gasteiger partial charge in [0.1, 0.15) is 11.6 Å². The van der Waals surface area contributed by atoms with Crippen molar-refractivity contribution in [2.75, 3.05) is 0 Å². The maximum Gasteiger partial charge on any atom is 0.141 e. The normalized spacial score (nSPS) is 19.7. The molecule has 2 unspecified atom stereocenters. The predicted molar refractivity (Wildman–Crippen MR) is 133 cm³/mol. The maximum atomic E-state index is 13.1. The van der Waals surface area contributed by atoms with Gasteiger partial charge >= 0.3 is 0 Å². The summed E-state index contributed by atoms with van der Waals surface area (Å²) in [6.45, 7) is 0. The van der Waals surface area contributed by atoms with Crippen LogP contribution in [0.5, 0.6) is 0 Å². The zero-order chi connectivity index (χ0) is 21.9. The van der Waals surface area contributed by atoms with E-state index < -0.39 is 0 Å². The Balaban J connectivity index is 0.00000144. The summed E-state index contributed by atoms with van der Waals surface area (Å²) in [6, 6.07) is 16.9. The number of rotatable bonds is 6. The summed E-state index contributed by atoms with van der Waals surface area (Å²) in [5.74, 6) is 0.886. The van der Waals surface area contributed by atoms with Crippen molar-refractivity contribution in [2.24, 2.45) is 0 Å². The third-order valence-corrected chi connectivity index (χ3v) is 6.93. The highest BCUT2D eigenvalue weighted by atomic mass is 19.1. The Morgan fingerprint density at radius 1 is 1.00 bits per heavy atom. The first-order valence-corrected chi connectivity index (χ1v) is 11.6. The van der Waals surface area contributed by atoms with Gasteiger partial charge in [-0.15, -0.1) is 0 Å². The Labute approximate surface area is 193 Å². The summed E-state index contributed by atoms with van der Waals surface area (Å²) in [7, 11) is 0. The number of ketones is 1. The molecular formula is C29H34FNO. The molecule has 1 fully saturated rings. The van der Waals surface area contributed by atoms with Crippen LogP contribution in [0, 0.1) is 5.82 Å². The minimum absolute atomic E-state index is 0. The first-order chi connectivity index (χ1) is 15.7. The minimum Gasteiger partial charge on any atom is -0.299 e. The van der Waals surface area contributed by atoms with Gasteiger partial charge in [-0.25, -0.2) is 4.39 Å². The van der Waals surface area contributed by atoms with Crippen LogP contribution in [-0.2, 0) is 24.1 Å². The molecule has 32 heavy (non-hydrogen) atoms. The molecule has 1 saturated carbocycles. The van der Waals surface area contributed by atoms with Crippen molar-refractivity contribution in [1.29, 1.82) is 0 Å². The van der Waals surface area contributed by atoms with Crippen LogP contribution in [0.15, 0.2) is 66.9 Å². The molecule has 0 aliphatic heterocycles. The van der Waals surface area contributed by atoms with Gasteiger partial charge in [0, 0.05) is 29.2 Å². The Bertz CT molecular complexity index is 1160. The lowest BCUT2D eigenvalue weighted by atomic mass is 9.75. The number of hydrogen-bond donors (Lipinski definition) is 0. The third-order valence-electron chi connectivity index (χ3n) is 6.93. The number of benzene rings is 2. The minimum atomic E-state index is -0.272. The Morgan fingerprint density at radius 2 is 1.81 bits per heavy atom. The fraction of sp³-hybridized carbons (Fsp3) is 0.310. The lowest BCUT2D eigenvalue weighted by Gasteiger charge is -2.30. The molecule has 3 aromatic rings. The van der Waals surface area contributed by atoms with E-state index in [9.17, 15) is 9.18 Å². The molecular weight excluding hydrogens is 397 g/mol. The van der Waals surface area contributed by atoms with E-state index in [2.05, 4.69) is 36.4 Å². The lowest BCUT2D eigenvalue weighted by Crippen LogP contribution is -2.15. The van der Waals surface area contributed by atoms with Gasteiger partial charge in [-0.05, 0) is 77.6 Å². The number of carbonyl (C=O) groups is 1.